The molecule has 1 aliphatic heterocycles. The zero-order valence-electron chi connectivity index (χ0n) is 15.4. The molecule has 2 N–H and O–H groups in total. The van der Waals surface area contributed by atoms with Gasteiger partial charge in [0.2, 0.25) is 10.0 Å². The van der Waals surface area contributed by atoms with Gasteiger partial charge in [0.15, 0.2) is 0 Å². The molecule has 1 aliphatic rings. The summed E-state index contributed by atoms with van der Waals surface area (Å²) in [6.45, 7) is 3.27. The zero-order valence-corrected chi connectivity index (χ0v) is 17.1. The molecule has 6 nitrogen and oxygen atoms in total. The third-order valence-corrected chi connectivity index (χ3v) is 7.14. The van der Waals surface area contributed by atoms with Crippen molar-refractivity contribution in [2.75, 3.05) is 6.54 Å². The van der Waals surface area contributed by atoms with Crippen LogP contribution in [0.3, 0.4) is 0 Å². The van der Waals surface area contributed by atoms with Gasteiger partial charge >= 0.3 is 0 Å². The SMILES string of the molecule is Cc1c[nH]c(C(=O)N2CCc3cc(S(=O)(=O)NCc4cccs4)ccc3C2)c1. The maximum atomic E-state index is 12.6. The van der Waals surface area contributed by atoms with Crippen LogP contribution >= 0.6 is 11.3 Å². The van der Waals surface area contributed by atoms with E-state index in [1.807, 2.05) is 42.8 Å². The van der Waals surface area contributed by atoms with Gasteiger partial charge in [0.25, 0.3) is 5.91 Å². The van der Waals surface area contributed by atoms with E-state index < -0.39 is 10.0 Å². The van der Waals surface area contributed by atoms with Crippen molar-refractivity contribution in [3.05, 3.63) is 75.2 Å². The van der Waals surface area contributed by atoms with Crippen molar-refractivity contribution in [3.8, 4) is 0 Å². The second-order valence-corrected chi connectivity index (χ2v) is 9.70. The molecule has 28 heavy (non-hydrogen) atoms. The van der Waals surface area contributed by atoms with E-state index >= 15 is 0 Å². The number of aryl methyl sites for hydroxylation is 1. The molecule has 3 aromatic rings. The normalized spacial score (nSPS) is 14.1. The summed E-state index contributed by atoms with van der Waals surface area (Å²) in [5, 5.41) is 1.92. The molecule has 0 unspecified atom stereocenters. The lowest BCUT2D eigenvalue weighted by Gasteiger charge is -2.29. The number of carbonyl (C=O) groups excluding carboxylic acids is 1. The molecule has 0 spiro atoms. The van der Waals surface area contributed by atoms with Crippen LogP contribution in [0.15, 0.2) is 52.9 Å². The molecule has 1 aromatic carbocycles. The number of H-pyrrole nitrogens is 1. The number of sulfonamides is 1. The van der Waals surface area contributed by atoms with E-state index in [2.05, 4.69) is 9.71 Å². The Balaban J connectivity index is 1.48. The molecule has 8 heteroatoms. The highest BCUT2D eigenvalue weighted by Gasteiger charge is 2.24. The summed E-state index contributed by atoms with van der Waals surface area (Å²) in [6, 6.07) is 10.8. The molecule has 0 bridgehead atoms. The number of aromatic nitrogens is 1. The predicted molar refractivity (Wildman–Crippen MR) is 109 cm³/mol. The first-order valence-corrected chi connectivity index (χ1v) is 11.4. The Kier molecular flexibility index (Phi) is 5.09. The van der Waals surface area contributed by atoms with Gasteiger partial charge in [0.1, 0.15) is 5.69 Å². The van der Waals surface area contributed by atoms with E-state index in [-0.39, 0.29) is 17.3 Å². The molecule has 1 amide bonds. The van der Waals surface area contributed by atoms with Crippen LogP contribution in [-0.2, 0) is 29.5 Å². The summed E-state index contributed by atoms with van der Waals surface area (Å²) < 4.78 is 27.8. The minimum absolute atomic E-state index is 0.0342. The van der Waals surface area contributed by atoms with Gasteiger partial charge in [-0.3, -0.25) is 4.79 Å². The van der Waals surface area contributed by atoms with E-state index in [4.69, 9.17) is 0 Å². The summed E-state index contributed by atoms with van der Waals surface area (Å²) in [4.78, 5) is 18.7. The number of hydrogen-bond donors (Lipinski definition) is 2. The van der Waals surface area contributed by atoms with Gasteiger partial charge in [-0.2, -0.15) is 0 Å². The van der Waals surface area contributed by atoms with E-state index in [1.165, 1.54) is 11.3 Å². The summed E-state index contributed by atoms with van der Waals surface area (Å²) in [6.07, 6.45) is 2.44. The van der Waals surface area contributed by atoms with Crippen molar-refractivity contribution in [2.45, 2.75) is 31.3 Å². The number of thiophene rings is 1. The monoisotopic (exact) mass is 415 g/mol. The summed E-state index contributed by atoms with van der Waals surface area (Å²) in [5.41, 5.74) is 3.56. The number of benzene rings is 1. The fourth-order valence-corrected chi connectivity index (χ4v) is 5.12. The van der Waals surface area contributed by atoms with Crippen molar-refractivity contribution >= 4 is 27.3 Å². The van der Waals surface area contributed by atoms with Gasteiger partial charge in [-0.25, -0.2) is 13.1 Å². The maximum absolute atomic E-state index is 12.6. The van der Waals surface area contributed by atoms with Gasteiger partial charge < -0.3 is 9.88 Å². The molecule has 0 saturated carbocycles. The van der Waals surface area contributed by atoms with Crippen LogP contribution in [0.2, 0.25) is 0 Å². The van der Waals surface area contributed by atoms with E-state index in [9.17, 15) is 13.2 Å². The molecule has 0 aliphatic carbocycles. The molecular formula is C20H21N3O3S2. The Morgan fingerprint density at radius 1 is 1.25 bits per heavy atom. The predicted octanol–water partition coefficient (Wildman–Crippen LogP) is 3.06. The van der Waals surface area contributed by atoms with Crippen LogP contribution in [0.1, 0.15) is 32.1 Å². The number of fused-ring (bicyclic) bond motifs is 1. The smallest absolute Gasteiger partial charge is 0.270 e. The molecule has 146 valence electrons. The van der Waals surface area contributed by atoms with Crippen LogP contribution in [0.4, 0.5) is 0 Å². The fourth-order valence-electron chi connectivity index (χ4n) is 3.33. The first-order valence-electron chi connectivity index (χ1n) is 9.00. The first-order chi connectivity index (χ1) is 13.4. The fraction of sp³-hybridized carbons (Fsp3) is 0.250. The Morgan fingerprint density at radius 3 is 2.82 bits per heavy atom. The van der Waals surface area contributed by atoms with E-state index in [0.29, 0.717) is 25.2 Å². The molecule has 4 rings (SSSR count). The largest absolute Gasteiger partial charge is 0.357 e. The van der Waals surface area contributed by atoms with Crippen molar-refractivity contribution in [2.24, 2.45) is 0 Å². The Labute approximate surface area is 168 Å². The number of nitrogens with zero attached hydrogens (tertiary/aromatic N) is 1. The highest BCUT2D eigenvalue weighted by Crippen LogP contribution is 2.24. The minimum atomic E-state index is -3.57. The highest BCUT2D eigenvalue weighted by molar-refractivity contribution is 7.89. The molecule has 0 saturated heterocycles. The van der Waals surface area contributed by atoms with Gasteiger partial charge in [0, 0.05) is 30.7 Å². The molecule has 0 fully saturated rings. The van der Waals surface area contributed by atoms with Crippen LogP contribution in [0, 0.1) is 6.92 Å². The first kappa shape index (κ1) is 18.9. The van der Waals surface area contributed by atoms with Crippen molar-refractivity contribution in [1.82, 2.24) is 14.6 Å². The average molecular weight is 416 g/mol. The zero-order chi connectivity index (χ0) is 19.7. The standard InChI is InChI=1S/C20H21N3O3S2/c1-14-9-19(21-11-14)20(24)23-7-6-15-10-18(5-4-16(15)13-23)28(25,26)22-12-17-3-2-8-27-17/h2-5,8-11,21-22H,6-7,12-13H2,1H3. The van der Waals surface area contributed by atoms with Crippen LogP contribution in [0.25, 0.3) is 0 Å². The number of nitrogens with one attached hydrogen (secondary N) is 2. The summed E-state index contributed by atoms with van der Waals surface area (Å²) in [7, 11) is -3.57. The van der Waals surface area contributed by atoms with Crippen LogP contribution in [-0.4, -0.2) is 30.8 Å². The highest BCUT2D eigenvalue weighted by atomic mass is 32.2. The van der Waals surface area contributed by atoms with Gasteiger partial charge in [-0.15, -0.1) is 11.3 Å². The number of aromatic amines is 1. The second kappa shape index (κ2) is 7.54. The van der Waals surface area contributed by atoms with Gasteiger partial charge in [0.05, 0.1) is 4.90 Å². The van der Waals surface area contributed by atoms with Crippen LogP contribution < -0.4 is 4.72 Å². The number of rotatable bonds is 5. The second-order valence-electron chi connectivity index (χ2n) is 6.90. The van der Waals surface area contributed by atoms with Gasteiger partial charge in [-0.05, 0) is 59.7 Å². The Hall–Kier alpha value is -2.42. The molecule has 2 aromatic heterocycles. The minimum Gasteiger partial charge on any atom is -0.357 e. The number of hydrogen-bond acceptors (Lipinski definition) is 4. The lowest BCUT2D eigenvalue weighted by Crippen LogP contribution is -2.36. The van der Waals surface area contributed by atoms with Crippen LogP contribution in [0.5, 0.6) is 0 Å². The third kappa shape index (κ3) is 3.89. The Bertz CT molecular complexity index is 1100. The molecule has 0 atom stereocenters. The van der Waals surface area contributed by atoms with E-state index in [1.54, 1.807) is 17.0 Å². The van der Waals surface area contributed by atoms with E-state index in [0.717, 1.165) is 21.6 Å². The summed E-state index contributed by atoms with van der Waals surface area (Å²) in [5.74, 6) is -0.0342. The third-order valence-electron chi connectivity index (χ3n) is 4.86. The van der Waals surface area contributed by atoms with Crippen molar-refractivity contribution < 1.29 is 13.2 Å². The lowest BCUT2D eigenvalue weighted by atomic mass is 9.99. The summed E-state index contributed by atoms with van der Waals surface area (Å²) >= 11 is 1.52. The number of amides is 1. The Morgan fingerprint density at radius 2 is 2.11 bits per heavy atom. The topological polar surface area (TPSA) is 82.3 Å². The maximum Gasteiger partial charge on any atom is 0.270 e. The van der Waals surface area contributed by atoms with Gasteiger partial charge in [-0.1, -0.05) is 12.1 Å². The van der Waals surface area contributed by atoms with Crippen molar-refractivity contribution in [1.29, 1.82) is 0 Å². The lowest BCUT2D eigenvalue weighted by molar-refractivity contribution is 0.0729. The quantitative estimate of drug-likeness (QED) is 0.672. The molecular weight excluding hydrogens is 394 g/mol. The molecule has 0 radical (unpaired) electrons. The average Bonchev–Trinajstić information content (AvgIpc) is 3.36. The molecule has 3 heterocycles. The number of carbonyl (C=O) groups is 1. The van der Waals surface area contributed by atoms with Crippen molar-refractivity contribution in [3.63, 3.8) is 0 Å².